The maximum atomic E-state index is 12.5. The molecule has 0 atom stereocenters. The molecule has 0 unspecified atom stereocenters. The van der Waals surface area contributed by atoms with Gasteiger partial charge in [0, 0.05) is 24.5 Å². The summed E-state index contributed by atoms with van der Waals surface area (Å²) >= 11 is 0. The van der Waals surface area contributed by atoms with Crippen LogP contribution in [0.15, 0.2) is 48.5 Å². The number of anilines is 2. The maximum Gasteiger partial charge on any atom is 0.416 e. The summed E-state index contributed by atoms with van der Waals surface area (Å²) < 4.78 is 64.3. The van der Waals surface area contributed by atoms with Gasteiger partial charge in [-0.1, -0.05) is 18.2 Å². The zero-order valence-corrected chi connectivity index (χ0v) is 14.1. The monoisotopic (exact) mass is 370 g/mol. The summed E-state index contributed by atoms with van der Waals surface area (Å²) in [7, 11) is -3.65. The van der Waals surface area contributed by atoms with Gasteiger partial charge in [-0.15, -0.1) is 0 Å². The third-order valence-corrected chi connectivity index (χ3v) is 5.37. The first-order chi connectivity index (χ1) is 11.7. The van der Waals surface area contributed by atoms with Crippen LogP contribution >= 0.6 is 0 Å². The number of sulfonamides is 1. The van der Waals surface area contributed by atoms with Crippen molar-refractivity contribution in [3.8, 4) is 0 Å². The fraction of sp³-hybridized carbons (Fsp3) is 0.294. The van der Waals surface area contributed by atoms with Crippen LogP contribution in [0.5, 0.6) is 0 Å². The molecule has 8 heteroatoms. The lowest BCUT2D eigenvalue weighted by molar-refractivity contribution is -0.137. The summed E-state index contributed by atoms with van der Waals surface area (Å²) in [6, 6.07) is 11.8. The van der Waals surface area contributed by atoms with Gasteiger partial charge in [0.05, 0.1) is 11.3 Å². The molecule has 0 bridgehead atoms. The van der Waals surface area contributed by atoms with Crippen molar-refractivity contribution in [1.29, 1.82) is 0 Å². The van der Waals surface area contributed by atoms with Gasteiger partial charge in [-0.2, -0.15) is 13.2 Å². The topological polar surface area (TPSA) is 49.4 Å². The third kappa shape index (κ3) is 4.25. The predicted octanol–water partition coefficient (Wildman–Crippen LogP) is 3.51. The molecule has 1 N–H and O–H groups in total. The fourth-order valence-corrected chi connectivity index (χ4v) is 3.89. The quantitative estimate of drug-likeness (QED) is 0.876. The summed E-state index contributed by atoms with van der Waals surface area (Å²) in [5.74, 6) is -0.137. The first kappa shape index (κ1) is 17.6. The number of fused-ring (bicyclic) bond motifs is 1. The lowest BCUT2D eigenvalue weighted by Gasteiger charge is -2.19. The Kier molecular flexibility index (Phi) is 4.64. The normalized spacial score (nSPS) is 14.4. The van der Waals surface area contributed by atoms with Crippen molar-refractivity contribution in [1.82, 2.24) is 0 Å². The standard InChI is InChI=1S/C17H17F3N2O2S/c18-17(19,20)14-5-7-15(8-6-14)21-25(23,24)12-11-22-10-9-13-3-1-2-4-16(13)22/h1-8,21H,9-12H2. The zero-order chi connectivity index (χ0) is 18.1. The average molecular weight is 370 g/mol. The van der Waals surface area contributed by atoms with Crippen molar-refractivity contribution in [2.75, 3.05) is 28.5 Å². The van der Waals surface area contributed by atoms with Crippen LogP contribution in [-0.2, 0) is 22.6 Å². The molecule has 0 fully saturated rings. The number of para-hydroxylation sites is 1. The molecule has 2 aromatic rings. The number of rotatable bonds is 5. The summed E-state index contributed by atoms with van der Waals surface area (Å²) in [6.45, 7) is 1.09. The molecule has 0 radical (unpaired) electrons. The van der Waals surface area contributed by atoms with Crippen LogP contribution in [0.3, 0.4) is 0 Å². The van der Waals surface area contributed by atoms with E-state index < -0.39 is 21.8 Å². The first-order valence-electron chi connectivity index (χ1n) is 7.75. The van der Waals surface area contributed by atoms with E-state index in [9.17, 15) is 21.6 Å². The van der Waals surface area contributed by atoms with Gasteiger partial charge in [0.25, 0.3) is 0 Å². The number of benzene rings is 2. The van der Waals surface area contributed by atoms with E-state index in [-0.39, 0.29) is 11.4 Å². The molecular formula is C17H17F3N2O2S. The molecule has 4 nitrogen and oxygen atoms in total. The van der Waals surface area contributed by atoms with Gasteiger partial charge < -0.3 is 4.90 Å². The summed E-state index contributed by atoms with van der Waals surface area (Å²) in [5, 5.41) is 0. The maximum absolute atomic E-state index is 12.5. The Hall–Kier alpha value is -2.22. The largest absolute Gasteiger partial charge is 0.416 e. The Bertz CT molecular complexity index is 849. The Labute approximate surface area is 144 Å². The number of nitrogens with one attached hydrogen (secondary N) is 1. The van der Waals surface area contributed by atoms with Gasteiger partial charge in [-0.25, -0.2) is 8.42 Å². The highest BCUT2D eigenvalue weighted by Crippen LogP contribution is 2.30. The van der Waals surface area contributed by atoms with Crippen LogP contribution in [0.1, 0.15) is 11.1 Å². The Morgan fingerprint density at radius 2 is 1.72 bits per heavy atom. The highest BCUT2D eigenvalue weighted by atomic mass is 32.2. The summed E-state index contributed by atoms with van der Waals surface area (Å²) in [6.07, 6.45) is -3.57. The number of nitrogens with zero attached hydrogens (tertiary/aromatic N) is 1. The molecular weight excluding hydrogens is 353 g/mol. The fourth-order valence-electron chi connectivity index (χ4n) is 2.83. The Morgan fingerprint density at radius 3 is 2.40 bits per heavy atom. The van der Waals surface area contributed by atoms with Gasteiger partial charge in [0.1, 0.15) is 0 Å². The van der Waals surface area contributed by atoms with E-state index in [0.29, 0.717) is 6.54 Å². The minimum Gasteiger partial charge on any atom is -0.370 e. The van der Waals surface area contributed by atoms with E-state index in [1.807, 2.05) is 29.2 Å². The number of halogens is 3. The summed E-state index contributed by atoms with van der Waals surface area (Å²) in [5.41, 5.74) is 1.53. The van der Waals surface area contributed by atoms with E-state index >= 15 is 0 Å². The zero-order valence-electron chi connectivity index (χ0n) is 13.3. The van der Waals surface area contributed by atoms with E-state index in [2.05, 4.69) is 4.72 Å². The lowest BCUT2D eigenvalue weighted by atomic mass is 10.2. The molecule has 0 saturated heterocycles. The number of hydrogen-bond acceptors (Lipinski definition) is 3. The van der Waals surface area contributed by atoms with E-state index in [1.54, 1.807) is 0 Å². The van der Waals surface area contributed by atoms with Crippen molar-refractivity contribution in [2.45, 2.75) is 12.6 Å². The highest BCUT2D eigenvalue weighted by molar-refractivity contribution is 7.92. The van der Waals surface area contributed by atoms with E-state index in [1.165, 1.54) is 5.56 Å². The highest BCUT2D eigenvalue weighted by Gasteiger charge is 2.30. The molecule has 0 aliphatic carbocycles. The van der Waals surface area contributed by atoms with E-state index in [4.69, 9.17) is 0 Å². The third-order valence-electron chi connectivity index (χ3n) is 4.10. The van der Waals surface area contributed by atoms with Crippen molar-refractivity contribution >= 4 is 21.4 Å². The van der Waals surface area contributed by atoms with Crippen LogP contribution in [0.2, 0.25) is 0 Å². The molecule has 25 heavy (non-hydrogen) atoms. The van der Waals surface area contributed by atoms with Crippen molar-refractivity contribution in [2.24, 2.45) is 0 Å². The Morgan fingerprint density at radius 1 is 1.04 bits per heavy atom. The first-order valence-corrected chi connectivity index (χ1v) is 9.40. The molecule has 2 aromatic carbocycles. The summed E-state index contributed by atoms with van der Waals surface area (Å²) in [4.78, 5) is 2.00. The van der Waals surface area contributed by atoms with Gasteiger partial charge in [0.15, 0.2) is 0 Å². The second-order valence-electron chi connectivity index (χ2n) is 5.86. The van der Waals surface area contributed by atoms with E-state index in [0.717, 1.165) is 42.9 Å². The second kappa shape index (κ2) is 6.59. The van der Waals surface area contributed by atoms with Crippen molar-refractivity contribution in [3.05, 3.63) is 59.7 Å². The van der Waals surface area contributed by atoms with Crippen molar-refractivity contribution in [3.63, 3.8) is 0 Å². The second-order valence-corrected chi connectivity index (χ2v) is 7.70. The molecule has 0 aromatic heterocycles. The number of hydrogen-bond donors (Lipinski definition) is 1. The number of alkyl halides is 3. The minimum absolute atomic E-state index is 0.120. The van der Waals surface area contributed by atoms with Crippen LogP contribution < -0.4 is 9.62 Å². The minimum atomic E-state index is -4.44. The molecule has 1 aliphatic heterocycles. The molecule has 3 rings (SSSR count). The molecule has 0 spiro atoms. The van der Waals surface area contributed by atoms with Gasteiger partial charge in [-0.3, -0.25) is 4.72 Å². The lowest BCUT2D eigenvalue weighted by Crippen LogP contribution is -2.30. The van der Waals surface area contributed by atoms with Crippen LogP contribution in [-0.4, -0.2) is 27.3 Å². The molecule has 1 heterocycles. The molecule has 0 saturated carbocycles. The smallest absolute Gasteiger partial charge is 0.370 e. The van der Waals surface area contributed by atoms with Gasteiger partial charge in [0.2, 0.25) is 10.0 Å². The van der Waals surface area contributed by atoms with Crippen LogP contribution in [0.25, 0.3) is 0 Å². The predicted molar refractivity (Wildman–Crippen MR) is 91.2 cm³/mol. The SMILES string of the molecule is O=S(=O)(CCN1CCc2ccccc21)Nc1ccc(C(F)(F)F)cc1. The molecule has 134 valence electrons. The van der Waals surface area contributed by atoms with Crippen molar-refractivity contribution < 1.29 is 21.6 Å². The van der Waals surface area contributed by atoms with Gasteiger partial charge >= 0.3 is 6.18 Å². The average Bonchev–Trinajstić information content (AvgIpc) is 2.96. The van der Waals surface area contributed by atoms with Crippen LogP contribution in [0.4, 0.5) is 24.5 Å². The molecule has 1 aliphatic rings. The molecule has 0 amide bonds. The van der Waals surface area contributed by atoms with Gasteiger partial charge in [-0.05, 0) is 42.3 Å². The van der Waals surface area contributed by atoms with Crippen LogP contribution in [0, 0.1) is 0 Å². The Balaban J connectivity index is 1.61.